The minimum atomic E-state index is -0.613. The number of rotatable bonds is 9. The van der Waals surface area contributed by atoms with Gasteiger partial charge in [-0.3, -0.25) is 4.98 Å². The highest BCUT2D eigenvalue weighted by molar-refractivity contribution is 5.83. The number of nitrogens with two attached hydrogens (primary N) is 1. The number of para-hydroxylation sites is 1. The number of H-pyrrole nitrogens is 1. The molecule has 1 atom stereocenters. The van der Waals surface area contributed by atoms with Crippen LogP contribution in [-0.2, 0) is 11.2 Å². The Balaban J connectivity index is 1.31. The molecule has 0 bridgehead atoms. The molecule has 210 valence electrons. The number of aromatic nitrogens is 4. The molecule has 0 saturated carbocycles. The first kappa shape index (κ1) is 27.4. The van der Waals surface area contributed by atoms with Crippen LogP contribution in [0.15, 0.2) is 85.5 Å². The largest absolute Gasteiger partial charge is 0.490 e. The van der Waals surface area contributed by atoms with E-state index in [1.165, 1.54) is 0 Å². The molecule has 0 spiro atoms. The lowest BCUT2D eigenvalue weighted by atomic mass is 10.1. The summed E-state index contributed by atoms with van der Waals surface area (Å²) in [4.78, 5) is 28.5. The van der Waals surface area contributed by atoms with Crippen molar-refractivity contribution in [1.29, 1.82) is 0 Å². The van der Waals surface area contributed by atoms with E-state index >= 15 is 0 Å². The van der Waals surface area contributed by atoms with Gasteiger partial charge >= 0.3 is 6.09 Å². The van der Waals surface area contributed by atoms with E-state index in [4.69, 9.17) is 15.2 Å². The van der Waals surface area contributed by atoms with Crippen LogP contribution < -0.4 is 21.1 Å². The Bertz CT molecular complexity index is 1640. The number of aromatic amines is 1. The molecule has 3 heterocycles. The highest BCUT2D eigenvalue weighted by Gasteiger charge is 2.21. The molecule has 1 unspecified atom stereocenters. The summed E-state index contributed by atoms with van der Waals surface area (Å²) in [5.41, 5.74) is 9.86. The van der Waals surface area contributed by atoms with Gasteiger partial charge in [-0.1, -0.05) is 30.3 Å². The number of amides is 1. The van der Waals surface area contributed by atoms with E-state index in [2.05, 4.69) is 36.6 Å². The van der Waals surface area contributed by atoms with Crippen molar-refractivity contribution >= 4 is 34.4 Å². The number of nitrogens with zero attached hydrogens (tertiary/aromatic N) is 3. The van der Waals surface area contributed by atoms with Crippen LogP contribution in [0.25, 0.3) is 22.0 Å². The fraction of sp³-hybridized carbons (Fsp3) is 0.226. The molecule has 5 N–H and O–H groups in total. The van der Waals surface area contributed by atoms with E-state index in [1.54, 1.807) is 24.7 Å². The van der Waals surface area contributed by atoms with Crippen molar-refractivity contribution < 1.29 is 14.3 Å². The van der Waals surface area contributed by atoms with E-state index in [-0.39, 0.29) is 18.6 Å². The number of nitrogens with one attached hydrogen (secondary N) is 3. The van der Waals surface area contributed by atoms with Crippen molar-refractivity contribution in [3.63, 3.8) is 0 Å². The van der Waals surface area contributed by atoms with Crippen LogP contribution in [0.5, 0.6) is 5.75 Å². The zero-order chi connectivity index (χ0) is 28.8. The smallest absolute Gasteiger partial charge is 0.408 e. The van der Waals surface area contributed by atoms with Gasteiger partial charge in [0.2, 0.25) is 5.95 Å². The van der Waals surface area contributed by atoms with Crippen LogP contribution in [0.3, 0.4) is 0 Å². The Hall–Kier alpha value is -5.12. The Morgan fingerprint density at radius 2 is 1.90 bits per heavy atom. The molecule has 0 aliphatic heterocycles. The number of hydrogen-bond donors (Lipinski definition) is 4. The molecule has 10 heteroatoms. The molecule has 5 aromatic rings. The van der Waals surface area contributed by atoms with Crippen molar-refractivity contribution in [2.75, 3.05) is 17.7 Å². The minimum absolute atomic E-state index is 0.198. The summed E-state index contributed by atoms with van der Waals surface area (Å²) >= 11 is 0. The number of hydrogen-bond acceptors (Lipinski definition) is 8. The van der Waals surface area contributed by atoms with Crippen molar-refractivity contribution in [3.8, 4) is 16.9 Å². The summed E-state index contributed by atoms with van der Waals surface area (Å²) in [6.07, 6.45) is 7.06. The second-order valence-corrected chi connectivity index (χ2v) is 10.6. The minimum Gasteiger partial charge on any atom is -0.490 e. The first-order valence-corrected chi connectivity index (χ1v) is 13.3. The molecule has 0 fully saturated rings. The second-order valence-electron chi connectivity index (χ2n) is 10.6. The highest BCUT2D eigenvalue weighted by Crippen LogP contribution is 2.27. The number of ether oxygens (including phenoxy) is 2. The molecule has 0 saturated heterocycles. The van der Waals surface area contributed by atoms with Gasteiger partial charge in [0, 0.05) is 40.7 Å². The Morgan fingerprint density at radius 1 is 1.05 bits per heavy atom. The molecule has 10 nitrogen and oxygen atoms in total. The average molecular weight is 552 g/mol. The molecule has 0 radical (unpaired) electrons. The first-order valence-electron chi connectivity index (χ1n) is 13.3. The van der Waals surface area contributed by atoms with E-state index in [0.717, 1.165) is 33.3 Å². The summed E-state index contributed by atoms with van der Waals surface area (Å²) in [5.74, 6) is 1.38. The summed E-state index contributed by atoms with van der Waals surface area (Å²) in [6.45, 7) is 5.73. The molecular weight excluding hydrogens is 518 g/mol. The molecule has 3 aromatic heterocycles. The number of anilines is 3. The van der Waals surface area contributed by atoms with Crippen LogP contribution in [0, 0.1) is 0 Å². The predicted octanol–water partition coefficient (Wildman–Crippen LogP) is 5.86. The number of benzene rings is 2. The predicted molar refractivity (Wildman–Crippen MR) is 160 cm³/mol. The number of carbonyl (C=O) groups excluding carboxylic acids is 1. The SMILES string of the molecule is CC(C)(C)OC(=O)NC(COc1cncc(-c2cccc(Nc3ccnc(N)n3)c2)c1)Cc1c[nH]c2ccccc12. The van der Waals surface area contributed by atoms with E-state index < -0.39 is 11.7 Å². The number of alkyl carbamates (subject to hydrolysis) is 1. The van der Waals surface area contributed by atoms with E-state index in [0.29, 0.717) is 18.0 Å². The molecule has 1 amide bonds. The quantitative estimate of drug-likeness (QED) is 0.179. The van der Waals surface area contributed by atoms with E-state index in [9.17, 15) is 4.79 Å². The lowest BCUT2D eigenvalue weighted by Crippen LogP contribution is -2.43. The summed E-state index contributed by atoms with van der Waals surface area (Å²) < 4.78 is 11.7. The second kappa shape index (κ2) is 12.0. The maximum Gasteiger partial charge on any atom is 0.408 e. The fourth-order valence-electron chi connectivity index (χ4n) is 4.41. The molecule has 2 aromatic carbocycles. The number of carbonyl (C=O) groups is 1. The van der Waals surface area contributed by atoms with Gasteiger partial charge in [0.1, 0.15) is 23.8 Å². The summed E-state index contributed by atoms with van der Waals surface area (Å²) in [5, 5.41) is 7.32. The summed E-state index contributed by atoms with van der Waals surface area (Å²) in [7, 11) is 0. The molecule has 0 aliphatic carbocycles. The lowest BCUT2D eigenvalue weighted by Gasteiger charge is -2.24. The molecule has 41 heavy (non-hydrogen) atoms. The van der Waals surface area contributed by atoms with Gasteiger partial charge in [-0.15, -0.1) is 0 Å². The van der Waals surface area contributed by atoms with Gasteiger partial charge in [0.25, 0.3) is 0 Å². The number of nitrogen functional groups attached to an aromatic ring is 1. The topological polar surface area (TPSA) is 140 Å². The molecular formula is C31H33N7O3. The van der Waals surface area contributed by atoms with Gasteiger partial charge in [-0.05, 0) is 68.7 Å². The highest BCUT2D eigenvalue weighted by atomic mass is 16.6. The van der Waals surface area contributed by atoms with E-state index in [1.807, 2.05) is 75.5 Å². The molecule has 5 rings (SSSR count). The van der Waals surface area contributed by atoms with Crippen molar-refractivity contribution in [3.05, 3.63) is 91.0 Å². The van der Waals surface area contributed by atoms with Gasteiger partial charge in [0.05, 0.1) is 12.2 Å². The Labute approximate surface area is 238 Å². The van der Waals surface area contributed by atoms with Gasteiger partial charge in [0.15, 0.2) is 0 Å². The Morgan fingerprint density at radius 3 is 2.73 bits per heavy atom. The van der Waals surface area contributed by atoms with Crippen LogP contribution in [0.2, 0.25) is 0 Å². The van der Waals surface area contributed by atoms with Crippen molar-refractivity contribution in [2.45, 2.75) is 38.8 Å². The summed E-state index contributed by atoms with van der Waals surface area (Å²) in [6, 6.07) is 19.2. The first-order chi connectivity index (χ1) is 19.7. The van der Waals surface area contributed by atoms with Crippen molar-refractivity contribution in [2.24, 2.45) is 0 Å². The third-order valence-corrected chi connectivity index (χ3v) is 6.17. The Kier molecular flexibility index (Phi) is 8.00. The standard InChI is InChI=1S/C31H33N7O3/c1-31(2,3)41-30(39)37-24(14-22-17-35-27-10-5-4-9-26(22)27)19-40-25-15-21(16-33-18-25)20-7-6-8-23(13-20)36-28-11-12-34-29(32)38-28/h4-13,15-18,24,35H,14,19H2,1-3H3,(H,37,39)(H3,32,34,36,38). The number of fused-ring (bicyclic) bond motifs is 1. The van der Waals surface area contributed by atoms with Crippen LogP contribution in [-0.4, -0.2) is 44.3 Å². The van der Waals surface area contributed by atoms with Crippen LogP contribution >= 0.6 is 0 Å². The monoisotopic (exact) mass is 551 g/mol. The van der Waals surface area contributed by atoms with Crippen LogP contribution in [0.4, 0.5) is 22.2 Å². The van der Waals surface area contributed by atoms with Gasteiger partial charge in [-0.25, -0.2) is 9.78 Å². The normalized spacial score (nSPS) is 12.1. The van der Waals surface area contributed by atoms with Gasteiger partial charge < -0.3 is 30.8 Å². The average Bonchev–Trinajstić information content (AvgIpc) is 3.34. The van der Waals surface area contributed by atoms with Gasteiger partial charge in [-0.2, -0.15) is 4.98 Å². The molecule has 0 aliphatic rings. The fourth-order valence-corrected chi connectivity index (χ4v) is 4.41. The lowest BCUT2D eigenvalue weighted by molar-refractivity contribution is 0.0488. The zero-order valence-corrected chi connectivity index (χ0v) is 23.2. The zero-order valence-electron chi connectivity index (χ0n) is 23.2. The van der Waals surface area contributed by atoms with Crippen molar-refractivity contribution in [1.82, 2.24) is 25.3 Å². The third kappa shape index (κ3) is 7.51. The van der Waals surface area contributed by atoms with Crippen LogP contribution in [0.1, 0.15) is 26.3 Å². The maximum absolute atomic E-state index is 12.7. The third-order valence-electron chi connectivity index (χ3n) is 6.17. The number of pyridine rings is 1. The maximum atomic E-state index is 12.7.